The Bertz CT molecular complexity index is 1050. The van der Waals surface area contributed by atoms with Crippen LogP contribution in [0.25, 0.3) is 0 Å². The number of halogens is 1. The Morgan fingerprint density at radius 1 is 1.43 bits per heavy atom. The second-order valence-corrected chi connectivity index (χ2v) is 7.24. The monoisotopic (exact) mass is 410 g/mol. The van der Waals surface area contributed by atoms with Crippen LogP contribution in [0.3, 0.4) is 0 Å². The Hall–Kier alpha value is -3.51. The number of nitrogens with one attached hydrogen (secondary N) is 1. The van der Waals surface area contributed by atoms with Crippen LogP contribution in [-0.4, -0.2) is 47.7 Å². The number of aromatic nitrogens is 1. The van der Waals surface area contributed by atoms with E-state index in [2.05, 4.69) is 16.4 Å². The molecule has 1 amide bonds. The van der Waals surface area contributed by atoms with Gasteiger partial charge in [-0.1, -0.05) is 12.1 Å². The fourth-order valence-corrected chi connectivity index (χ4v) is 3.88. The number of carbonyl (C=O) groups is 2. The first-order chi connectivity index (χ1) is 14.4. The Morgan fingerprint density at radius 3 is 2.83 bits per heavy atom. The van der Waals surface area contributed by atoms with Gasteiger partial charge in [-0.2, -0.15) is 5.26 Å². The first-order valence-corrected chi connectivity index (χ1v) is 9.45. The molecule has 2 aliphatic rings. The minimum absolute atomic E-state index is 0.0437. The van der Waals surface area contributed by atoms with Crippen molar-refractivity contribution in [1.29, 1.82) is 5.26 Å². The number of ketones is 1. The van der Waals surface area contributed by atoms with Gasteiger partial charge in [0, 0.05) is 25.2 Å². The van der Waals surface area contributed by atoms with E-state index in [1.165, 1.54) is 30.3 Å². The number of nitrogens with zero attached hydrogens (tertiary/aromatic N) is 3. The predicted octanol–water partition coefficient (Wildman–Crippen LogP) is 1.17. The molecule has 154 valence electrons. The lowest BCUT2D eigenvalue weighted by Gasteiger charge is -2.44. The Morgan fingerprint density at radius 2 is 2.17 bits per heavy atom. The molecular weight excluding hydrogens is 391 g/mol. The molecule has 0 saturated carbocycles. The molecule has 30 heavy (non-hydrogen) atoms. The van der Waals surface area contributed by atoms with Crippen LogP contribution in [0.1, 0.15) is 28.0 Å². The van der Waals surface area contributed by atoms with E-state index >= 15 is 0 Å². The van der Waals surface area contributed by atoms with Gasteiger partial charge < -0.3 is 20.1 Å². The summed E-state index contributed by atoms with van der Waals surface area (Å²) in [5.41, 5.74) is 1.80. The number of hydrogen-bond acceptors (Lipinski definition) is 7. The van der Waals surface area contributed by atoms with Gasteiger partial charge in [0.1, 0.15) is 35.4 Å². The predicted molar refractivity (Wildman–Crippen MR) is 103 cm³/mol. The molecule has 0 fully saturated rings. The number of rotatable bonds is 4. The summed E-state index contributed by atoms with van der Waals surface area (Å²) in [5, 5.41) is 22.4. The molecular formula is C21H19FN4O4. The van der Waals surface area contributed by atoms with Crippen molar-refractivity contribution in [1.82, 2.24) is 10.3 Å². The zero-order valence-electron chi connectivity index (χ0n) is 16.1. The van der Waals surface area contributed by atoms with Crippen molar-refractivity contribution in [2.24, 2.45) is 5.92 Å². The summed E-state index contributed by atoms with van der Waals surface area (Å²) >= 11 is 0. The lowest BCUT2D eigenvalue weighted by atomic mass is 9.89. The number of hydrogen-bond donors (Lipinski definition) is 2. The highest BCUT2D eigenvalue weighted by atomic mass is 19.1. The summed E-state index contributed by atoms with van der Waals surface area (Å²) in [7, 11) is 1.39. The lowest BCUT2D eigenvalue weighted by molar-refractivity contribution is -0.126. The van der Waals surface area contributed by atoms with Crippen molar-refractivity contribution < 1.29 is 23.8 Å². The van der Waals surface area contributed by atoms with Gasteiger partial charge in [-0.05, 0) is 17.7 Å². The molecule has 0 bridgehead atoms. The largest absolute Gasteiger partial charge is 0.485 e. The number of ether oxygens (including phenoxy) is 1. The highest BCUT2D eigenvalue weighted by molar-refractivity contribution is 6.14. The van der Waals surface area contributed by atoms with Crippen molar-refractivity contribution in [3.05, 3.63) is 53.1 Å². The quantitative estimate of drug-likeness (QED) is 0.727. The van der Waals surface area contributed by atoms with E-state index in [4.69, 9.17) is 10.00 Å². The van der Waals surface area contributed by atoms with Crippen LogP contribution in [0.2, 0.25) is 0 Å². The van der Waals surface area contributed by atoms with E-state index in [-0.39, 0.29) is 24.5 Å². The van der Waals surface area contributed by atoms with E-state index in [9.17, 15) is 19.1 Å². The van der Waals surface area contributed by atoms with Gasteiger partial charge in [0.15, 0.2) is 11.5 Å². The number of aliphatic hydroxyl groups is 1. The number of nitriles is 1. The molecule has 8 nitrogen and oxygen atoms in total. The third kappa shape index (κ3) is 3.25. The zero-order chi connectivity index (χ0) is 21.4. The number of pyridine rings is 1. The summed E-state index contributed by atoms with van der Waals surface area (Å²) in [6.07, 6.45) is -0.0586. The molecule has 0 spiro atoms. The Kier molecular flexibility index (Phi) is 5.10. The summed E-state index contributed by atoms with van der Waals surface area (Å²) < 4.78 is 19.3. The minimum Gasteiger partial charge on any atom is -0.485 e. The second-order valence-electron chi connectivity index (χ2n) is 7.24. The maximum atomic E-state index is 13.2. The average molecular weight is 410 g/mol. The molecule has 0 radical (unpaired) electrons. The van der Waals surface area contributed by atoms with E-state index in [1.54, 1.807) is 12.1 Å². The Labute approximate surface area is 171 Å². The molecule has 2 aliphatic heterocycles. The topological polar surface area (TPSA) is 116 Å². The smallest absolute Gasteiger partial charge is 0.235 e. The maximum Gasteiger partial charge on any atom is 0.235 e. The van der Waals surface area contributed by atoms with Gasteiger partial charge in [-0.15, -0.1) is 0 Å². The number of benzene rings is 1. The van der Waals surface area contributed by atoms with Gasteiger partial charge in [-0.25, -0.2) is 4.39 Å². The van der Waals surface area contributed by atoms with E-state index in [0.29, 0.717) is 23.4 Å². The summed E-state index contributed by atoms with van der Waals surface area (Å²) in [6, 6.07) is 8.02. The van der Waals surface area contributed by atoms with Gasteiger partial charge in [-0.3, -0.25) is 14.6 Å². The van der Waals surface area contributed by atoms with Crippen LogP contribution in [0.15, 0.2) is 30.5 Å². The van der Waals surface area contributed by atoms with Crippen molar-refractivity contribution in [2.75, 3.05) is 18.5 Å². The van der Waals surface area contributed by atoms with Crippen LogP contribution >= 0.6 is 0 Å². The van der Waals surface area contributed by atoms with Crippen LogP contribution in [-0.2, 0) is 11.2 Å². The van der Waals surface area contributed by atoms with E-state index < -0.39 is 29.9 Å². The van der Waals surface area contributed by atoms with Gasteiger partial charge in [0.05, 0.1) is 19.0 Å². The van der Waals surface area contributed by atoms with Crippen molar-refractivity contribution in [2.45, 2.75) is 25.2 Å². The average Bonchev–Trinajstić information content (AvgIpc) is 2.74. The van der Waals surface area contributed by atoms with Crippen LogP contribution in [0.5, 0.6) is 5.75 Å². The fraction of sp³-hybridized carbons (Fsp3) is 0.333. The molecule has 0 aliphatic carbocycles. The molecule has 3 atom stereocenters. The Balaban J connectivity index is 1.82. The number of anilines is 1. The molecule has 1 aromatic carbocycles. The van der Waals surface area contributed by atoms with Gasteiger partial charge in [0.2, 0.25) is 5.91 Å². The van der Waals surface area contributed by atoms with Crippen LogP contribution in [0, 0.1) is 23.1 Å². The first-order valence-electron chi connectivity index (χ1n) is 9.45. The molecule has 3 unspecified atom stereocenters. The molecule has 0 saturated heterocycles. The third-order valence-electron chi connectivity index (χ3n) is 5.34. The summed E-state index contributed by atoms with van der Waals surface area (Å²) in [4.78, 5) is 31.0. The van der Waals surface area contributed by atoms with Crippen LogP contribution < -0.4 is 15.0 Å². The maximum absolute atomic E-state index is 13.2. The molecule has 1 aromatic heterocycles. The summed E-state index contributed by atoms with van der Waals surface area (Å²) in [6.45, 7) is 0.136. The number of Topliss-reactive ketones (excluding diaryl/α,β-unsaturated/α-hetero) is 1. The minimum atomic E-state index is -1.41. The second kappa shape index (κ2) is 7.72. The van der Waals surface area contributed by atoms with E-state index in [1.807, 2.05) is 0 Å². The van der Waals surface area contributed by atoms with Gasteiger partial charge >= 0.3 is 0 Å². The molecule has 2 aromatic rings. The molecule has 3 heterocycles. The third-order valence-corrected chi connectivity index (χ3v) is 5.34. The normalized spacial score (nSPS) is 22.0. The highest BCUT2D eigenvalue weighted by Gasteiger charge is 2.48. The van der Waals surface area contributed by atoms with Crippen molar-refractivity contribution in [3.8, 4) is 11.8 Å². The summed E-state index contributed by atoms with van der Waals surface area (Å²) in [5.74, 6) is -2.54. The standard InChI is InChI=1S/C21H19FN4O4/c1-24-20(28)15-18(27)16-17-19(30-14(6-7-23)10-26(17)21(15)29)12(9-25-16)8-11-2-4-13(22)5-3-11/h2-5,9,14-15,21,29H,6,8,10H2,1H3,(H,24,28). The number of amides is 1. The van der Waals surface area contributed by atoms with Crippen LogP contribution in [0.4, 0.5) is 10.1 Å². The molecule has 2 N–H and O–H groups in total. The fourth-order valence-electron chi connectivity index (χ4n) is 3.88. The lowest BCUT2D eigenvalue weighted by Crippen LogP contribution is -2.57. The number of aliphatic hydroxyl groups excluding tert-OH is 1. The first kappa shape index (κ1) is 19.8. The van der Waals surface area contributed by atoms with Crippen molar-refractivity contribution in [3.63, 3.8) is 0 Å². The van der Waals surface area contributed by atoms with Crippen molar-refractivity contribution >= 4 is 17.4 Å². The van der Waals surface area contributed by atoms with E-state index in [0.717, 1.165) is 5.56 Å². The number of carbonyl (C=O) groups excluding carboxylic acids is 2. The molecule has 4 rings (SSSR count). The SMILES string of the molecule is CNC(=O)C1C(=O)c2ncc(Cc3ccc(F)cc3)c3c2N(CC(CC#N)O3)C1O. The molecule has 9 heteroatoms. The van der Waals surface area contributed by atoms with Gasteiger partial charge in [0.25, 0.3) is 0 Å². The zero-order valence-corrected chi connectivity index (χ0v) is 16.1. The highest BCUT2D eigenvalue weighted by Crippen LogP contribution is 2.45.